The van der Waals surface area contributed by atoms with Gasteiger partial charge in [0, 0.05) is 30.9 Å². The molecule has 1 aliphatic carbocycles. The molecule has 100 valence electrons. The molecule has 0 radical (unpaired) electrons. The fraction of sp³-hybridized carbons (Fsp3) is 0.800. The van der Waals surface area contributed by atoms with Crippen molar-refractivity contribution in [1.29, 1.82) is 0 Å². The molecule has 18 heavy (non-hydrogen) atoms. The SMILES string of the molecule is CCCC1(Cn2cncc2C2CCCNC2)CC1. The van der Waals surface area contributed by atoms with Crippen molar-refractivity contribution in [3.63, 3.8) is 0 Å². The van der Waals surface area contributed by atoms with Crippen LogP contribution in [-0.4, -0.2) is 22.6 Å². The number of aromatic nitrogens is 2. The number of hydrogen-bond donors (Lipinski definition) is 1. The largest absolute Gasteiger partial charge is 0.334 e. The van der Waals surface area contributed by atoms with Crippen molar-refractivity contribution in [3.8, 4) is 0 Å². The van der Waals surface area contributed by atoms with Crippen LogP contribution in [0, 0.1) is 5.41 Å². The van der Waals surface area contributed by atoms with Crippen LogP contribution in [0.3, 0.4) is 0 Å². The van der Waals surface area contributed by atoms with Gasteiger partial charge in [-0.25, -0.2) is 4.98 Å². The Labute approximate surface area is 110 Å². The molecule has 1 saturated carbocycles. The van der Waals surface area contributed by atoms with Crippen LogP contribution in [0.5, 0.6) is 0 Å². The molecule has 0 amide bonds. The standard InChI is InChI=1S/C15H25N3/c1-2-5-15(6-7-15)11-18-12-17-10-14(18)13-4-3-8-16-9-13/h10,12-13,16H,2-9,11H2,1H3. The van der Waals surface area contributed by atoms with Gasteiger partial charge in [0.1, 0.15) is 0 Å². The minimum Gasteiger partial charge on any atom is -0.334 e. The van der Waals surface area contributed by atoms with Crippen molar-refractivity contribution in [2.75, 3.05) is 13.1 Å². The van der Waals surface area contributed by atoms with E-state index < -0.39 is 0 Å². The van der Waals surface area contributed by atoms with Crippen LogP contribution in [-0.2, 0) is 6.54 Å². The average Bonchev–Trinajstić information content (AvgIpc) is 3.00. The van der Waals surface area contributed by atoms with E-state index in [2.05, 4.69) is 34.3 Å². The van der Waals surface area contributed by atoms with E-state index in [-0.39, 0.29) is 0 Å². The summed E-state index contributed by atoms with van der Waals surface area (Å²) in [6.45, 7) is 5.82. The molecule has 0 spiro atoms. The Kier molecular flexibility index (Phi) is 3.42. The van der Waals surface area contributed by atoms with Crippen molar-refractivity contribution >= 4 is 0 Å². The zero-order chi connectivity index (χ0) is 12.4. The third kappa shape index (κ3) is 2.46. The van der Waals surface area contributed by atoms with Gasteiger partial charge in [-0.05, 0) is 44.1 Å². The summed E-state index contributed by atoms with van der Waals surface area (Å²) < 4.78 is 2.44. The molecule has 1 N–H and O–H groups in total. The molecule has 1 saturated heterocycles. The van der Waals surface area contributed by atoms with Gasteiger partial charge >= 0.3 is 0 Å². The van der Waals surface area contributed by atoms with Gasteiger partial charge in [-0.3, -0.25) is 0 Å². The molecule has 2 heterocycles. The molecule has 3 heteroatoms. The van der Waals surface area contributed by atoms with Crippen LogP contribution < -0.4 is 5.32 Å². The van der Waals surface area contributed by atoms with E-state index in [0.29, 0.717) is 11.3 Å². The van der Waals surface area contributed by atoms with E-state index in [1.165, 1.54) is 57.3 Å². The molecule has 1 unspecified atom stereocenters. The number of nitrogens with one attached hydrogen (secondary N) is 1. The van der Waals surface area contributed by atoms with E-state index in [4.69, 9.17) is 0 Å². The summed E-state index contributed by atoms with van der Waals surface area (Å²) in [5.41, 5.74) is 2.08. The quantitative estimate of drug-likeness (QED) is 0.867. The predicted octanol–water partition coefficient (Wildman–Crippen LogP) is 2.93. The molecule has 3 nitrogen and oxygen atoms in total. The average molecular weight is 247 g/mol. The van der Waals surface area contributed by atoms with Crippen LogP contribution in [0.4, 0.5) is 0 Å². The highest BCUT2D eigenvalue weighted by molar-refractivity contribution is 5.10. The number of nitrogens with zero attached hydrogens (tertiary/aromatic N) is 2. The first-order chi connectivity index (χ1) is 8.83. The molecule has 2 fully saturated rings. The van der Waals surface area contributed by atoms with Crippen LogP contribution in [0.1, 0.15) is 57.1 Å². The molecule has 3 rings (SSSR count). The highest BCUT2D eigenvalue weighted by atomic mass is 15.1. The Bertz CT molecular complexity index is 386. The lowest BCUT2D eigenvalue weighted by atomic mass is 9.95. The normalized spacial score (nSPS) is 26.2. The molecule has 1 aliphatic heterocycles. The minimum atomic E-state index is 0.617. The lowest BCUT2D eigenvalue weighted by Gasteiger charge is -2.25. The number of hydrogen-bond acceptors (Lipinski definition) is 2. The maximum Gasteiger partial charge on any atom is 0.0948 e. The second kappa shape index (κ2) is 5.04. The molecule has 0 aromatic carbocycles. The van der Waals surface area contributed by atoms with E-state index in [9.17, 15) is 0 Å². The van der Waals surface area contributed by atoms with Crippen molar-refractivity contribution in [2.24, 2.45) is 5.41 Å². The van der Waals surface area contributed by atoms with Crippen molar-refractivity contribution in [3.05, 3.63) is 18.2 Å². The van der Waals surface area contributed by atoms with Crippen molar-refractivity contribution < 1.29 is 0 Å². The Morgan fingerprint density at radius 3 is 3.06 bits per heavy atom. The summed E-state index contributed by atoms with van der Waals surface area (Å²) in [5.74, 6) is 0.679. The van der Waals surface area contributed by atoms with Gasteiger partial charge in [-0.2, -0.15) is 0 Å². The lowest BCUT2D eigenvalue weighted by Crippen LogP contribution is -2.30. The zero-order valence-electron chi connectivity index (χ0n) is 11.5. The zero-order valence-corrected chi connectivity index (χ0v) is 11.5. The maximum absolute atomic E-state index is 4.40. The second-order valence-electron chi connectivity index (χ2n) is 6.24. The summed E-state index contributed by atoms with van der Waals surface area (Å²) in [6.07, 6.45) is 12.3. The summed E-state index contributed by atoms with van der Waals surface area (Å²) in [4.78, 5) is 4.40. The third-order valence-corrected chi connectivity index (χ3v) is 4.70. The van der Waals surface area contributed by atoms with Gasteiger partial charge in [0.25, 0.3) is 0 Å². The summed E-state index contributed by atoms with van der Waals surface area (Å²) >= 11 is 0. The molecule has 1 atom stereocenters. The van der Waals surface area contributed by atoms with E-state index in [0.717, 1.165) is 6.54 Å². The maximum atomic E-state index is 4.40. The Balaban J connectivity index is 1.71. The van der Waals surface area contributed by atoms with Gasteiger partial charge in [0.05, 0.1) is 6.33 Å². The van der Waals surface area contributed by atoms with Crippen LogP contribution in [0.2, 0.25) is 0 Å². The summed E-state index contributed by atoms with van der Waals surface area (Å²) in [5, 5.41) is 3.51. The van der Waals surface area contributed by atoms with Gasteiger partial charge < -0.3 is 9.88 Å². The molecule has 1 aromatic rings. The molecular formula is C15H25N3. The number of piperidine rings is 1. The van der Waals surface area contributed by atoms with Gasteiger partial charge in [-0.15, -0.1) is 0 Å². The molecule has 2 aliphatic rings. The van der Waals surface area contributed by atoms with E-state index >= 15 is 0 Å². The van der Waals surface area contributed by atoms with Crippen LogP contribution >= 0.6 is 0 Å². The Morgan fingerprint density at radius 1 is 1.50 bits per heavy atom. The second-order valence-corrected chi connectivity index (χ2v) is 6.24. The number of rotatable bonds is 5. The fourth-order valence-corrected chi connectivity index (χ4v) is 3.46. The first-order valence-electron chi connectivity index (χ1n) is 7.54. The monoisotopic (exact) mass is 247 g/mol. The third-order valence-electron chi connectivity index (χ3n) is 4.70. The van der Waals surface area contributed by atoms with Gasteiger partial charge in [-0.1, -0.05) is 13.3 Å². The van der Waals surface area contributed by atoms with Crippen LogP contribution in [0.15, 0.2) is 12.5 Å². The minimum absolute atomic E-state index is 0.617. The smallest absolute Gasteiger partial charge is 0.0948 e. The Morgan fingerprint density at radius 2 is 2.39 bits per heavy atom. The van der Waals surface area contributed by atoms with Gasteiger partial charge in [0.15, 0.2) is 0 Å². The Hall–Kier alpha value is -0.830. The highest BCUT2D eigenvalue weighted by Crippen LogP contribution is 2.51. The first kappa shape index (κ1) is 12.2. The number of imidazole rings is 1. The first-order valence-corrected chi connectivity index (χ1v) is 7.54. The topological polar surface area (TPSA) is 29.9 Å². The summed E-state index contributed by atoms with van der Waals surface area (Å²) in [6, 6.07) is 0. The highest BCUT2D eigenvalue weighted by Gasteiger charge is 2.42. The predicted molar refractivity (Wildman–Crippen MR) is 73.6 cm³/mol. The van der Waals surface area contributed by atoms with Crippen molar-refractivity contribution in [1.82, 2.24) is 14.9 Å². The fourth-order valence-electron chi connectivity index (χ4n) is 3.46. The van der Waals surface area contributed by atoms with E-state index in [1.54, 1.807) is 0 Å². The summed E-state index contributed by atoms with van der Waals surface area (Å²) in [7, 11) is 0. The molecule has 1 aromatic heterocycles. The van der Waals surface area contributed by atoms with Gasteiger partial charge in [0.2, 0.25) is 0 Å². The molecular weight excluding hydrogens is 222 g/mol. The van der Waals surface area contributed by atoms with E-state index in [1.807, 2.05) is 0 Å². The van der Waals surface area contributed by atoms with Crippen LogP contribution in [0.25, 0.3) is 0 Å². The van der Waals surface area contributed by atoms with Crippen molar-refractivity contribution in [2.45, 2.75) is 57.9 Å². The lowest BCUT2D eigenvalue weighted by molar-refractivity contribution is 0.366. The molecule has 0 bridgehead atoms.